The van der Waals surface area contributed by atoms with Crippen LogP contribution >= 0.6 is 7.44 Å². The summed E-state index contributed by atoms with van der Waals surface area (Å²) in [4.78, 5) is 25.0. The molecule has 37 heavy (non-hydrogen) atoms. The number of carbonyl (C=O) groups is 1. The maximum Gasteiger partial charge on any atom is 0.326 e. The number of esters is 1. The second kappa shape index (κ2) is 12.3. The number of anilines is 1. The zero-order valence-electron chi connectivity index (χ0n) is 21.5. The van der Waals surface area contributed by atoms with Crippen molar-refractivity contribution < 1.29 is 18.8 Å². The molecule has 0 bridgehead atoms. The first-order valence-corrected chi connectivity index (χ1v) is 13.8. The Morgan fingerprint density at radius 1 is 1.27 bits per heavy atom. The van der Waals surface area contributed by atoms with Gasteiger partial charge < -0.3 is 19.8 Å². The van der Waals surface area contributed by atoms with Crippen LogP contribution in [-0.2, 0) is 31.9 Å². The van der Waals surface area contributed by atoms with Crippen LogP contribution in [0.1, 0.15) is 45.2 Å². The van der Waals surface area contributed by atoms with Crippen molar-refractivity contribution in [1.82, 2.24) is 29.7 Å². The Balaban J connectivity index is 1.72. The Bertz CT molecular complexity index is 1300. The fourth-order valence-electron chi connectivity index (χ4n) is 3.50. The SMILES string of the molecule is CCCOC(=O)C(C)(C)NP(=O)(COC(C)Cn1cnc2c(N)ncnc21)NCc1ccc(C#N)cc1. The maximum atomic E-state index is 14.0. The normalized spacial score (nSPS) is 14.1. The number of ether oxygens (including phenoxy) is 2. The van der Waals surface area contributed by atoms with Crippen LogP contribution < -0.4 is 15.9 Å². The number of nitrogens with zero attached hydrogens (tertiary/aromatic N) is 5. The molecule has 0 aliphatic rings. The molecule has 0 saturated heterocycles. The van der Waals surface area contributed by atoms with E-state index in [1.165, 1.54) is 6.33 Å². The molecule has 1 aromatic carbocycles. The van der Waals surface area contributed by atoms with Gasteiger partial charge in [0.1, 0.15) is 23.7 Å². The van der Waals surface area contributed by atoms with Gasteiger partial charge in [0, 0.05) is 6.54 Å². The third kappa shape index (κ3) is 7.57. The van der Waals surface area contributed by atoms with Gasteiger partial charge in [-0.15, -0.1) is 0 Å². The van der Waals surface area contributed by atoms with Crippen molar-refractivity contribution in [2.45, 2.75) is 58.8 Å². The molecule has 4 N–H and O–H groups in total. The number of nitrogens with one attached hydrogen (secondary N) is 2. The van der Waals surface area contributed by atoms with E-state index in [-0.39, 0.29) is 31.4 Å². The summed E-state index contributed by atoms with van der Waals surface area (Å²) in [7, 11) is -3.47. The van der Waals surface area contributed by atoms with Crippen molar-refractivity contribution in [2.75, 3.05) is 18.7 Å². The highest BCUT2D eigenvalue weighted by molar-refractivity contribution is 7.59. The number of nitrogen functional groups attached to an aromatic ring is 1. The van der Waals surface area contributed by atoms with Crippen LogP contribution in [0.3, 0.4) is 0 Å². The van der Waals surface area contributed by atoms with Gasteiger partial charge >= 0.3 is 5.97 Å². The third-order valence-electron chi connectivity index (χ3n) is 5.45. The molecule has 0 radical (unpaired) electrons. The Labute approximate surface area is 216 Å². The van der Waals surface area contributed by atoms with Gasteiger partial charge in [0.05, 0.1) is 37.2 Å². The number of fused-ring (bicyclic) bond motifs is 1. The Hall–Kier alpha value is -3.36. The summed E-state index contributed by atoms with van der Waals surface area (Å²) >= 11 is 0. The average molecular weight is 529 g/mol. The van der Waals surface area contributed by atoms with E-state index in [4.69, 9.17) is 20.5 Å². The van der Waals surface area contributed by atoms with Crippen LogP contribution in [-0.4, -0.2) is 50.1 Å². The number of hydrogen-bond acceptors (Lipinski definition) is 9. The molecule has 0 aliphatic heterocycles. The predicted molar refractivity (Wildman–Crippen MR) is 139 cm³/mol. The van der Waals surface area contributed by atoms with E-state index >= 15 is 0 Å². The molecule has 2 heterocycles. The summed E-state index contributed by atoms with van der Waals surface area (Å²) in [5.74, 6) is -0.222. The minimum absolute atomic E-state index is 0.196. The third-order valence-corrected chi connectivity index (χ3v) is 7.56. The minimum atomic E-state index is -3.47. The highest BCUT2D eigenvalue weighted by Gasteiger charge is 2.37. The monoisotopic (exact) mass is 528 g/mol. The molecule has 2 aromatic heterocycles. The maximum absolute atomic E-state index is 14.0. The average Bonchev–Trinajstić information content (AvgIpc) is 3.29. The summed E-state index contributed by atoms with van der Waals surface area (Å²) in [6, 6.07) is 8.99. The zero-order chi connectivity index (χ0) is 27.1. The van der Waals surface area contributed by atoms with Crippen LogP contribution in [0.2, 0.25) is 0 Å². The van der Waals surface area contributed by atoms with Crippen LogP contribution in [0.25, 0.3) is 11.2 Å². The van der Waals surface area contributed by atoms with Crippen LogP contribution in [0.4, 0.5) is 5.82 Å². The van der Waals surface area contributed by atoms with E-state index in [1.807, 2.05) is 13.8 Å². The second-order valence-electron chi connectivity index (χ2n) is 9.19. The molecular weight excluding hydrogens is 495 g/mol. The van der Waals surface area contributed by atoms with Gasteiger partial charge in [0.25, 0.3) is 0 Å². The predicted octanol–water partition coefficient (Wildman–Crippen LogP) is 2.95. The molecule has 12 nitrogen and oxygen atoms in total. The lowest BCUT2D eigenvalue weighted by Crippen LogP contribution is -2.48. The van der Waals surface area contributed by atoms with E-state index in [0.717, 1.165) is 5.56 Å². The molecule has 2 unspecified atom stereocenters. The summed E-state index contributed by atoms with van der Waals surface area (Å²) < 4.78 is 27.1. The molecule has 13 heteroatoms. The van der Waals surface area contributed by atoms with Gasteiger partial charge in [-0.25, -0.2) is 25.1 Å². The lowest BCUT2D eigenvalue weighted by atomic mass is 10.1. The number of carbonyl (C=O) groups excluding carboxylic acids is 1. The largest absolute Gasteiger partial charge is 0.464 e. The van der Waals surface area contributed by atoms with Crippen LogP contribution in [0.5, 0.6) is 0 Å². The molecule has 2 atom stereocenters. The lowest BCUT2D eigenvalue weighted by Gasteiger charge is -2.31. The smallest absolute Gasteiger partial charge is 0.326 e. The molecule has 0 amide bonds. The number of benzene rings is 1. The van der Waals surface area contributed by atoms with Gasteiger partial charge in [0.15, 0.2) is 11.5 Å². The van der Waals surface area contributed by atoms with E-state index in [2.05, 4.69) is 31.2 Å². The van der Waals surface area contributed by atoms with E-state index in [1.54, 1.807) is 49.0 Å². The first kappa shape index (κ1) is 28.2. The molecule has 198 valence electrons. The molecular formula is C24H33N8O4P. The quantitative estimate of drug-likeness (QED) is 0.220. The van der Waals surface area contributed by atoms with Crippen molar-refractivity contribution in [3.8, 4) is 6.07 Å². The minimum Gasteiger partial charge on any atom is -0.464 e. The zero-order valence-corrected chi connectivity index (χ0v) is 22.4. The number of nitrogens with two attached hydrogens (primary N) is 1. The molecule has 0 aliphatic carbocycles. The van der Waals surface area contributed by atoms with Crippen molar-refractivity contribution in [2.24, 2.45) is 0 Å². The van der Waals surface area contributed by atoms with E-state index in [0.29, 0.717) is 29.7 Å². The topological polar surface area (TPSA) is 170 Å². The number of aromatic nitrogens is 4. The standard InChI is InChI=1S/C24H33N8O4P/c1-5-10-35-23(33)24(3,4)31-37(34,30-12-19-8-6-18(11-25)7-9-19)16-36-17(2)13-32-15-29-20-21(26)27-14-28-22(20)32/h6-9,14-15,17H,5,10,12-13,16H2,1-4H3,(H2,26,27,28)(H2,30,31,34). The van der Waals surface area contributed by atoms with Crippen molar-refractivity contribution in [3.63, 3.8) is 0 Å². The number of hydrogen-bond donors (Lipinski definition) is 3. The summed E-state index contributed by atoms with van der Waals surface area (Å²) in [5, 5.41) is 15.0. The molecule has 0 spiro atoms. The second-order valence-corrected chi connectivity index (χ2v) is 11.5. The summed E-state index contributed by atoms with van der Waals surface area (Å²) in [6.45, 7) is 7.85. The van der Waals surface area contributed by atoms with Crippen LogP contribution in [0, 0.1) is 11.3 Å². The number of nitriles is 1. The Morgan fingerprint density at radius 3 is 2.68 bits per heavy atom. The number of imidazole rings is 1. The van der Waals surface area contributed by atoms with E-state index < -0.39 is 19.0 Å². The highest BCUT2D eigenvalue weighted by atomic mass is 31.2. The summed E-state index contributed by atoms with van der Waals surface area (Å²) in [6.07, 6.45) is 3.07. The molecule has 3 aromatic rings. The first-order chi connectivity index (χ1) is 17.6. The van der Waals surface area contributed by atoms with Gasteiger partial charge in [0.2, 0.25) is 7.44 Å². The van der Waals surface area contributed by atoms with Crippen molar-refractivity contribution in [3.05, 3.63) is 48.0 Å². The van der Waals surface area contributed by atoms with Gasteiger partial charge in [-0.2, -0.15) is 5.26 Å². The first-order valence-electron chi connectivity index (χ1n) is 11.9. The Kier molecular flexibility index (Phi) is 9.34. The van der Waals surface area contributed by atoms with Gasteiger partial charge in [-0.05, 0) is 44.9 Å². The molecule has 3 rings (SSSR count). The summed E-state index contributed by atoms with van der Waals surface area (Å²) in [5.41, 5.74) is 7.05. The Morgan fingerprint density at radius 2 is 2.00 bits per heavy atom. The van der Waals surface area contributed by atoms with Crippen molar-refractivity contribution >= 4 is 30.4 Å². The van der Waals surface area contributed by atoms with Crippen molar-refractivity contribution in [1.29, 1.82) is 5.26 Å². The van der Waals surface area contributed by atoms with Crippen LogP contribution in [0.15, 0.2) is 36.9 Å². The van der Waals surface area contributed by atoms with Gasteiger partial charge in [-0.1, -0.05) is 19.1 Å². The van der Waals surface area contributed by atoms with E-state index in [9.17, 15) is 9.36 Å². The number of rotatable bonds is 13. The lowest BCUT2D eigenvalue weighted by molar-refractivity contribution is -0.149. The fourth-order valence-corrected chi connectivity index (χ4v) is 5.63. The van der Waals surface area contributed by atoms with Gasteiger partial charge in [-0.3, -0.25) is 9.36 Å². The molecule has 0 saturated carbocycles. The highest BCUT2D eigenvalue weighted by Crippen LogP contribution is 2.40. The fraction of sp³-hybridized carbons (Fsp3) is 0.458. The molecule has 0 fully saturated rings.